The highest BCUT2D eigenvalue weighted by atomic mass is 32.2. The summed E-state index contributed by atoms with van der Waals surface area (Å²) in [5.41, 5.74) is 1.88. The van der Waals surface area contributed by atoms with Gasteiger partial charge in [-0.25, -0.2) is 0 Å². The van der Waals surface area contributed by atoms with Gasteiger partial charge in [0.1, 0.15) is 0 Å². The number of aryl methyl sites for hydroxylation is 2. The van der Waals surface area contributed by atoms with Gasteiger partial charge in [-0.3, -0.25) is 0 Å². The Balaban J connectivity index is 1.67. The minimum Gasteiger partial charge on any atom is -0.314 e. The Hall–Kier alpha value is -1.86. The second-order valence-corrected chi connectivity index (χ2v) is 10.3. The first kappa shape index (κ1) is 23.8. The maximum absolute atomic E-state index is 12.6. The van der Waals surface area contributed by atoms with E-state index in [4.69, 9.17) is 8.57 Å². The van der Waals surface area contributed by atoms with Gasteiger partial charge in [-0.1, -0.05) is 35.4 Å². The van der Waals surface area contributed by atoms with Crippen LogP contribution in [0.4, 0.5) is 0 Å². The third-order valence-electron chi connectivity index (χ3n) is 4.70. The summed E-state index contributed by atoms with van der Waals surface area (Å²) < 4.78 is 61.0. The number of nitrogens with zero attached hydrogens (tertiary/aromatic N) is 2. The molecule has 3 rings (SSSR count). The standard InChI is InChI=1S/C20H27N3O6S2/c1-17-3-7-19(8-4-17)30(24,25)28-22-13-11-21-12-14-23(16-15-22)29-31(26,27)20-9-5-18(2)6-10-20/h3-10,21H,11-16H2,1-2H3. The Bertz CT molecular complexity index is 983. The van der Waals surface area contributed by atoms with Crippen LogP contribution in [0.15, 0.2) is 58.3 Å². The van der Waals surface area contributed by atoms with Gasteiger partial charge in [-0.05, 0) is 38.1 Å². The lowest BCUT2D eigenvalue weighted by atomic mass is 10.2. The molecule has 1 fully saturated rings. The molecule has 9 nitrogen and oxygen atoms in total. The molecule has 1 aliphatic heterocycles. The van der Waals surface area contributed by atoms with Crippen molar-refractivity contribution >= 4 is 20.2 Å². The van der Waals surface area contributed by atoms with E-state index in [1.807, 2.05) is 13.8 Å². The second-order valence-electron chi connectivity index (χ2n) is 7.29. The predicted molar refractivity (Wildman–Crippen MR) is 115 cm³/mol. The number of benzene rings is 2. The fraction of sp³-hybridized carbons (Fsp3) is 0.400. The van der Waals surface area contributed by atoms with Gasteiger partial charge in [0.05, 0.1) is 9.79 Å². The quantitative estimate of drug-likeness (QED) is 0.673. The molecular weight excluding hydrogens is 442 g/mol. The molecule has 0 aromatic heterocycles. The van der Waals surface area contributed by atoms with Gasteiger partial charge in [0.15, 0.2) is 0 Å². The number of hydroxylamine groups is 4. The summed E-state index contributed by atoms with van der Waals surface area (Å²) in [6.45, 7) is 5.57. The Morgan fingerprint density at radius 2 is 1.00 bits per heavy atom. The monoisotopic (exact) mass is 469 g/mol. The number of nitrogens with one attached hydrogen (secondary N) is 1. The van der Waals surface area contributed by atoms with E-state index >= 15 is 0 Å². The Morgan fingerprint density at radius 1 is 0.645 bits per heavy atom. The van der Waals surface area contributed by atoms with Crippen LogP contribution in [0.25, 0.3) is 0 Å². The predicted octanol–water partition coefficient (Wildman–Crippen LogP) is 1.45. The fourth-order valence-corrected chi connectivity index (χ4v) is 4.87. The molecule has 1 aliphatic rings. The average Bonchev–Trinajstić information content (AvgIpc) is 2.81. The van der Waals surface area contributed by atoms with Gasteiger partial charge in [0, 0.05) is 39.3 Å². The zero-order chi connectivity index (χ0) is 22.5. The van der Waals surface area contributed by atoms with Crippen LogP contribution in [0.5, 0.6) is 0 Å². The summed E-state index contributed by atoms with van der Waals surface area (Å²) in [6.07, 6.45) is 0. The van der Waals surface area contributed by atoms with Crippen LogP contribution in [0.1, 0.15) is 11.1 Å². The number of hydrogen-bond acceptors (Lipinski definition) is 9. The number of rotatable bonds is 6. The van der Waals surface area contributed by atoms with Gasteiger partial charge in [-0.2, -0.15) is 35.5 Å². The molecule has 0 atom stereocenters. The van der Waals surface area contributed by atoms with Crippen LogP contribution in [-0.4, -0.2) is 66.2 Å². The van der Waals surface area contributed by atoms with E-state index in [0.717, 1.165) is 11.1 Å². The average molecular weight is 470 g/mol. The topological polar surface area (TPSA) is 105 Å². The van der Waals surface area contributed by atoms with Crippen LogP contribution < -0.4 is 5.32 Å². The van der Waals surface area contributed by atoms with E-state index in [0.29, 0.717) is 26.2 Å². The van der Waals surface area contributed by atoms with Crippen LogP contribution in [0.2, 0.25) is 0 Å². The van der Waals surface area contributed by atoms with Crippen molar-refractivity contribution in [3.8, 4) is 0 Å². The maximum atomic E-state index is 12.6. The molecule has 0 amide bonds. The molecule has 0 bridgehead atoms. The third kappa shape index (κ3) is 6.81. The summed E-state index contributed by atoms with van der Waals surface area (Å²) in [7, 11) is -7.99. The minimum absolute atomic E-state index is 0.0565. The smallest absolute Gasteiger partial charge is 0.313 e. The molecule has 2 aromatic rings. The Kier molecular flexibility index (Phi) is 7.81. The van der Waals surface area contributed by atoms with Crippen molar-refractivity contribution in [3.05, 3.63) is 59.7 Å². The van der Waals surface area contributed by atoms with Crippen molar-refractivity contribution in [1.82, 2.24) is 15.4 Å². The van der Waals surface area contributed by atoms with E-state index in [1.165, 1.54) is 34.4 Å². The van der Waals surface area contributed by atoms with Crippen molar-refractivity contribution in [2.45, 2.75) is 23.6 Å². The zero-order valence-electron chi connectivity index (χ0n) is 17.5. The zero-order valence-corrected chi connectivity index (χ0v) is 19.2. The lowest BCUT2D eigenvalue weighted by Crippen LogP contribution is -2.38. The SMILES string of the molecule is Cc1ccc(S(=O)(=O)ON2CCNCCN(OS(=O)(=O)c3ccc(C)cc3)CC2)cc1. The van der Waals surface area contributed by atoms with E-state index in [1.54, 1.807) is 24.3 Å². The lowest BCUT2D eigenvalue weighted by Gasteiger charge is -2.23. The molecule has 0 spiro atoms. The van der Waals surface area contributed by atoms with Crippen LogP contribution in [0, 0.1) is 13.8 Å². The molecule has 1 saturated heterocycles. The highest BCUT2D eigenvalue weighted by Crippen LogP contribution is 2.17. The molecule has 1 heterocycles. The fourth-order valence-electron chi connectivity index (χ4n) is 2.90. The van der Waals surface area contributed by atoms with E-state index in [2.05, 4.69) is 5.32 Å². The van der Waals surface area contributed by atoms with Gasteiger partial charge in [-0.15, -0.1) is 0 Å². The molecule has 11 heteroatoms. The molecule has 2 aromatic carbocycles. The van der Waals surface area contributed by atoms with Gasteiger partial charge < -0.3 is 5.32 Å². The maximum Gasteiger partial charge on any atom is 0.313 e. The highest BCUT2D eigenvalue weighted by molar-refractivity contribution is 7.87. The van der Waals surface area contributed by atoms with E-state index < -0.39 is 20.2 Å². The summed E-state index contributed by atoms with van der Waals surface area (Å²) >= 11 is 0. The largest absolute Gasteiger partial charge is 0.314 e. The van der Waals surface area contributed by atoms with Gasteiger partial charge in [0.25, 0.3) is 0 Å². The molecule has 0 unspecified atom stereocenters. The van der Waals surface area contributed by atoms with Crippen molar-refractivity contribution < 1.29 is 25.4 Å². The molecule has 0 radical (unpaired) electrons. The normalized spacial score (nSPS) is 17.6. The van der Waals surface area contributed by atoms with Gasteiger partial charge in [0.2, 0.25) is 0 Å². The molecule has 1 N–H and O–H groups in total. The highest BCUT2D eigenvalue weighted by Gasteiger charge is 2.25. The molecule has 0 saturated carbocycles. The Morgan fingerprint density at radius 3 is 1.35 bits per heavy atom. The summed E-state index contributed by atoms with van der Waals surface area (Å²) in [6, 6.07) is 12.7. The van der Waals surface area contributed by atoms with Crippen molar-refractivity contribution in [2.24, 2.45) is 0 Å². The van der Waals surface area contributed by atoms with E-state index in [9.17, 15) is 16.8 Å². The molecule has 170 valence electrons. The number of hydrogen-bond donors (Lipinski definition) is 1. The molecule has 0 aliphatic carbocycles. The Labute approximate surface area is 183 Å². The first-order chi connectivity index (χ1) is 14.7. The molecular formula is C20H27N3O6S2. The first-order valence-corrected chi connectivity index (χ1v) is 12.7. The van der Waals surface area contributed by atoms with E-state index in [-0.39, 0.29) is 22.9 Å². The van der Waals surface area contributed by atoms with Crippen LogP contribution >= 0.6 is 0 Å². The summed E-state index contributed by atoms with van der Waals surface area (Å²) in [5, 5.41) is 5.71. The van der Waals surface area contributed by atoms with Crippen LogP contribution in [0.3, 0.4) is 0 Å². The summed E-state index contributed by atoms with van der Waals surface area (Å²) in [5.74, 6) is 0. The van der Waals surface area contributed by atoms with Crippen LogP contribution in [-0.2, 0) is 28.8 Å². The molecule has 31 heavy (non-hydrogen) atoms. The van der Waals surface area contributed by atoms with Crippen molar-refractivity contribution in [1.29, 1.82) is 0 Å². The van der Waals surface area contributed by atoms with Crippen molar-refractivity contribution in [3.63, 3.8) is 0 Å². The summed E-state index contributed by atoms with van der Waals surface area (Å²) in [4.78, 5) is 0.113. The first-order valence-electron chi connectivity index (χ1n) is 9.89. The lowest BCUT2D eigenvalue weighted by molar-refractivity contribution is -0.0932. The van der Waals surface area contributed by atoms with Gasteiger partial charge >= 0.3 is 20.2 Å². The third-order valence-corrected chi connectivity index (χ3v) is 7.21. The van der Waals surface area contributed by atoms with Crippen molar-refractivity contribution in [2.75, 3.05) is 39.3 Å². The second kappa shape index (κ2) is 10.2. The minimum atomic E-state index is -4.00.